The number of thioether (sulfide) groups is 1. The Morgan fingerprint density at radius 3 is 3.00 bits per heavy atom. The van der Waals surface area contributed by atoms with Crippen LogP contribution in [0.5, 0.6) is 0 Å². The zero-order valence-corrected chi connectivity index (χ0v) is 10.2. The quantitative estimate of drug-likeness (QED) is 0.806. The van der Waals surface area contributed by atoms with Crippen molar-refractivity contribution in [1.29, 1.82) is 0 Å². The van der Waals surface area contributed by atoms with Crippen LogP contribution in [0.2, 0.25) is 0 Å². The summed E-state index contributed by atoms with van der Waals surface area (Å²) in [5.74, 6) is 1.37. The SMILES string of the molecule is CSCCC(=O)Nc1cccc(CCl)c1. The largest absolute Gasteiger partial charge is 0.326 e. The highest BCUT2D eigenvalue weighted by Gasteiger charge is 2.01. The number of carbonyl (C=O) groups is 1. The number of benzene rings is 1. The lowest BCUT2D eigenvalue weighted by Crippen LogP contribution is -2.12. The summed E-state index contributed by atoms with van der Waals surface area (Å²) in [6.07, 6.45) is 2.54. The molecule has 1 aromatic rings. The smallest absolute Gasteiger partial charge is 0.225 e. The van der Waals surface area contributed by atoms with Gasteiger partial charge in [-0.25, -0.2) is 0 Å². The van der Waals surface area contributed by atoms with Gasteiger partial charge in [0.2, 0.25) is 5.91 Å². The zero-order chi connectivity index (χ0) is 11.1. The van der Waals surface area contributed by atoms with Crippen molar-refractivity contribution in [2.75, 3.05) is 17.3 Å². The third kappa shape index (κ3) is 4.58. The van der Waals surface area contributed by atoms with E-state index in [1.807, 2.05) is 30.5 Å². The lowest BCUT2D eigenvalue weighted by atomic mass is 10.2. The normalized spacial score (nSPS) is 10.0. The second-order valence-corrected chi connectivity index (χ2v) is 4.38. The van der Waals surface area contributed by atoms with Crippen LogP contribution in [0.1, 0.15) is 12.0 Å². The molecule has 1 aromatic carbocycles. The van der Waals surface area contributed by atoms with Crippen molar-refractivity contribution in [2.24, 2.45) is 0 Å². The summed E-state index contributed by atoms with van der Waals surface area (Å²) in [4.78, 5) is 11.4. The van der Waals surface area contributed by atoms with Crippen LogP contribution in [0.15, 0.2) is 24.3 Å². The number of alkyl halides is 1. The summed E-state index contributed by atoms with van der Waals surface area (Å²) in [5, 5.41) is 2.84. The van der Waals surface area contributed by atoms with Crippen molar-refractivity contribution >= 4 is 35.0 Å². The van der Waals surface area contributed by atoms with Crippen LogP contribution >= 0.6 is 23.4 Å². The van der Waals surface area contributed by atoms with E-state index in [-0.39, 0.29) is 5.91 Å². The maximum Gasteiger partial charge on any atom is 0.225 e. The molecule has 1 N–H and O–H groups in total. The molecule has 0 aliphatic heterocycles. The molecule has 0 bridgehead atoms. The first-order valence-corrected chi connectivity index (χ1v) is 6.63. The molecule has 0 aliphatic rings. The molecule has 0 spiro atoms. The van der Waals surface area contributed by atoms with E-state index in [0.29, 0.717) is 12.3 Å². The van der Waals surface area contributed by atoms with Gasteiger partial charge in [0.05, 0.1) is 0 Å². The third-order valence-corrected chi connectivity index (χ3v) is 2.82. The van der Waals surface area contributed by atoms with Gasteiger partial charge >= 0.3 is 0 Å². The summed E-state index contributed by atoms with van der Waals surface area (Å²) in [6, 6.07) is 7.59. The summed E-state index contributed by atoms with van der Waals surface area (Å²) in [6.45, 7) is 0. The van der Waals surface area contributed by atoms with E-state index < -0.39 is 0 Å². The summed E-state index contributed by atoms with van der Waals surface area (Å²) in [5.41, 5.74) is 1.83. The van der Waals surface area contributed by atoms with Gasteiger partial charge in [-0.15, -0.1) is 11.6 Å². The van der Waals surface area contributed by atoms with Gasteiger partial charge in [-0.2, -0.15) is 11.8 Å². The van der Waals surface area contributed by atoms with Gasteiger partial charge in [-0.3, -0.25) is 4.79 Å². The van der Waals surface area contributed by atoms with Crippen LogP contribution in [-0.4, -0.2) is 17.9 Å². The van der Waals surface area contributed by atoms with Crippen LogP contribution in [-0.2, 0) is 10.7 Å². The van der Waals surface area contributed by atoms with E-state index >= 15 is 0 Å². The van der Waals surface area contributed by atoms with E-state index in [1.54, 1.807) is 11.8 Å². The van der Waals surface area contributed by atoms with Crippen LogP contribution < -0.4 is 5.32 Å². The first-order valence-electron chi connectivity index (χ1n) is 4.70. The van der Waals surface area contributed by atoms with Crippen molar-refractivity contribution in [1.82, 2.24) is 0 Å². The summed E-state index contributed by atoms with van der Waals surface area (Å²) in [7, 11) is 0. The van der Waals surface area contributed by atoms with Crippen LogP contribution in [0.25, 0.3) is 0 Å². The highest BCUT2D eigenvalue weighted by atomic mass is 35.5. The van der Waals surface area contributed by atoms with Gasteiger partial charge < -0.3 is 5.32 Å². The van der Waals surface area contributed by atoms with Crippen molar-refractivity contribution in [3.05, 3.63) is 29.8 Å². The molecule has 0 saturated carbocycles. The molecule has 1 rings (SSSR count). The first kappa shape index (κ1) is 12.4. The Morgan fingerprint density at radius 2 is 2.33 bits per heavy atom. The fourth-order valence-corrected chi connectivity index (χ4v) is 1.71. The second-order valence-electron chi connectivity index (χ2n) is 3.12. The third-order valence-electron chi connectivity index (χ3n) is 1.90. The number of carbonyl (C=O) groups excluding carboxylic acids is 1. The van der Waals surface area contributed by atoms with E-state index in [0.717, 1.165) is 17.0 Å². The molecule has 15 heavy (non-hydrogen) atoms. The number of hydrogen-bond acceptors (Lipinski definition) is 2. The molecule has 2 nitrogen and oxygen atoms in total. The molecule has 0 atom stereocenters. The lowest BCUT2D eigenvalue weighted by Gasteiger charge is -2.05. The van der Waals surface area contributed by atoms with Crippen LogP contribution in [0.4, 0.5) is 5.69 Å². The highest BCUT2D eigenvalue weighted by molar-refractivity contribution is 7.98. The van der Waals surface area contributed by atoms with Crippen molar-refractivity contribution in [3.63, 3.8) is 0 Å². The number of anilines is 1. The number of rotatable bonds is 5. The first-order chi connectivity index (χ1) is 7.26. The molecule has 0 aliphatic carbocycles. The molecular weight excluding hydrogens is 230 g/mol. The second kappa shape index (κ2) is 6.75. The maximum absolute atomic E-state index is 11.4. The topological polar surface area (TPSA) is 29.1 Å². The molecule has 0 aromatic heterocycles. The predicted octanol–water partition coefficient (Wildman–Crippen LogP) is 3.12. The molecule has 82 valence electrons. The van der Waals surface area contributed by atoms with Gasteiger partial charge in [0.1, 0.15) is 0 Å². The average molecular weight is 244 g/mol. The van der Waals surface area contributed by atoms with E-state index in [9.17, 15) is 4.79 Å². The lowest BCUT2D eigenvalue weighted by molar-refractivity contribution is -0.115. The Balaban J connectivity index is 2.52. The molecule has 0 fully saturated rings. The number of hydrogen-bond donors (Lipinski definition) is 1. The Morgan fingerprint density at radius 1 is 1.53 bits per heavy atom. The monoisotopic (exact) mass is 243 g/mol. The Bertz CT molecular complexity index is 330. The van der Waals surface area contributed by atoms with E-state index in [2.05, 4.69) is 5.32 Å². The summed E-state index contributed by atoms with van der Waals surface area (Å²) >= 11 is 7.37. The van der Waals surface area contributed by atoms with Crippen LogP contribution in [0, 0.1) is 0 Å². The molecule has 0 unspecified atom stereocenters. The van der Waals surface area contributed by atoms with E-state index in [1.165, 1.54) is 0 Å². The molecule has 4 heteroatoms. The minimum absolute atomic E-state index is 0.0519. The molecule has 0 saturated heterocycles. The molecule has 0 radical (unpaired) electrons. The maximum atomic E-state index is 11.4. The Labute approximate surface area is 99.4 Å². The summed E-state index contributed by atoms with van der Waals surface area (Å²) < 4.78 is 0. The molecule has 1 amide bonds. The molecular formula is C11H14ClNOS. The van der Waals surface area contributed by atoms with Crippen molar-refractivity contribution < 1.29 is 4.79 Å². The fourth-order valence-electron chi connectivity index (χ4n) is 1.15. The fraction of sp³-hybridized carbons (Fsp3) is 0.364. The average Bonchev–Trinajstić information content (AvgIpc) is 2.26. The van der Waals surface area contributed by atoms with Gasteiger partial charge in [0, 0.05) is 23.7 Å². The number of amides is 1. The minimum atomic E-state index is 0.0519. The van der Waals surface area contributed by atoms with Gasteiger partial charge in [-0.05, 0) is 24.0 Å². The van der Waals surface area contributed by atoms with E-state index in [4.69, 9.17) is 11.6 Å². The number of nitrogens with one attached hydrogen (secondary N) is 1. The van der Waals surface area contributed by atoms with Crippen molar-refractivity contribution in [3.8, 4) is 0 Å². The zero-order valence-electron chi connectivity index (χ0n) is 8.63. The standard InChI is InChI=1S/C11H14ClNOS/c1-15-6-5-11(14)13-10-4-2-3-9(7-10)8-12/h2-4,7H,5-6,8H2,1H3,(H,13,14). The van der Waals surface area contributed by atoms with Gasteiger partial charge in [0.15, 0.2) is 0 Å². The molecule has 0 heterocycles. The van der Waals surface area contributed by atoms with Gasteiger partial charge in [0.25, 0.3) is 0 Å². The minimum Gasteiger partial charge on any atom is -0.326 e. The highest BCUT2D eigenvalue weighted by Crippen LogP contribution is 2.12. The Kier molecular flexibility index (Phi) is 5.58. The predicted molar refractivity (Wildman–Crippen MR) is 67.6 cm³/mol. The van der Waals surface area contributed by atoms with Crippen LogP contribution in [0.3, 0.4) is 0 Å². The van der Waals surface area contributed by atoms with Gasteiger partial charge in [-0.1, -0.05) is 12.1 Å². The Hall–Kier alpha value is -0.670. The van der Waals surface area contributed by atoms with Crippen molar-refractivity contribution in [2.45, 2.75) is 12.3 Å². The number of halogens is 1.